The first-order valence-corrected chi connectivity index (χ1v) is 14.3. The molecular weight excluding hydrogens is 524 g/mol. The van der Waals surface area contributed by atoms with E-state index >= 15 is 0 Å². The van der Waals surface area contributed by atoms with E-state index in [1.165, 1.54) is 5.56 Å². The number of benzene rings is 2. The number of nitrogens with one attached hydrogen (secondary N) is 1. The monoisotopic (exact) mass is 554 g/mol. The molecule has 0 spiro atoms. The Morgan fingerprint density at radius 3 is 2.50 bits per heavy atom. The third-order valence-electron chi connectivity index (χ3n) is 7.91. The predicted octanol–water partition coefficient (Wildman–Crippen LogP) is 5.41. The highest BCUT2D eigenvalue weighted by molar-refractivity contribution is 5.83. The van der Waals surface area contributed by atoms with Crippen molar-refractivity contribution in [2.24, 2.45) is 0 Å². The number of hydrogen-bond donors (Lipinski definition) is 1. The first-order valence-electron chi connectivity index (χ1n) is 14.3. The fraction of sp³-hybridized carbons (Fsp3) is 0.242. The Kier molecular flexibility index (Phi) is 7.04. The summed E-state index contributed by atoms with van der Waals surface area (Å²) >= 11 is 0. The first-order chi connectivity index (χ1) is 20.7. The number of hydrogen-bond acceptors (Lipinski definition) is 8. The second-order valence-corrected chi connectivity index (χ2v) is 10.6. The highest BCUT2D eigenvalue weighted by atomic mass is 16.5. The fourth-order valence-corrected chi connectivity index (χ4v) is 5.84. The normalized spacial score (nSPS) is 15.1. The fourth-order valence-electron chi connectivity index (χ4n) is 5.84. The molecule has 208 valence electrons. The van der Waals surface area contributed by atoms with Crippen LogP contribution in [0.4, 0.5) is 5.82 Å². The molecule has 9 nitrogen and oxygen atoms in total. The van der Waals surface area contributed by atoms with Crippen LogP contribution in [-0.2, 0) is 13.1 Å². The summed E-state index contributed by atoms with van der Waals surface area (Å²) in [6.45, 7) is 4.13. The summed E-state index contributed by atoms with van der Waals surface area (Å²) in [6, 6.07) is 27.4. The van der Waals surface area contributed by atoms with Crippen molar-refractivity contribution >= 4 is 5.82 Å². The predicted molar refractivity (Wildman–Crippen MR) is 160 cm³/mol. The molecule has 0 radical (unpaired) electrons. The Labute approximate surface area is 244 Å². The summed E-state index contributed by atoms with van der Waals surface area (Å²) in [7, 11) is 0. The Bertz CT molecular complexity index is 1730. The minimum Gasteiger partial charge on any atom is -0.475 e. The molecule has 5 heterocycles. The van der Waals surface area contributed by atoms with Gasteiger partial charge in [0.15, 0.2) is 0 Å². The molecule has 0 bridgehead atoms. The molecular formula is C33H30N8O. The van der Waals surface area contributed by atoms with Crippen LogP contribution in [0, 0.1) is 11.3 Å². The number of pyridine rings is 1. The number of piperidine rings is 1. The summed E-state index contributed by atoms with van der Waals surface area (Å²) in [5.74, 6) is 2.43. The van der Waals surface area contributed by atoms with Crippen molar-refractivity contribution in [3.8, 4) is 45.9 Å². The number of imidazole rings is 1. The molecule has 9 heteroatoms. The van der Waals surface area contributed by atoms with Crippen molar-refractivity contribution < 1.29 is 4.74 Å². The lowest BCUT2D eigenvalue weighted by atomic mass is 10.0. The van der Waals surface area contributed by atoms with Gasteiger partial charge in [0.1, 0.15) is 24.3 Å². The maximum atomic E-state index is 9.05. The second kappa shape index (κ2) is 11.4. The summed E-state index contributed by atoms with van der Waals surface area (Å²) in [6.07, 6.45) is 5.42. The number of nitrogens with zero attached hydrogens (tertiary/aromatic N) is 7. The van der Waals surface area contributed by atoms with Crippen molar-refractivity contribution in [1.82, 2.24) is 29.4 Å². The number of aromatic nitrogens is 5. The Morgan fingerprint density at radius 2 is 1.69 bits per heavy atom. The topological polar surface area (TPSA) is 105 Å². The van der Waals surface area contributed by atoms with E-state index in [1.807, 2.05) is 30.3 Å². The molecule has 42 heavy (non-hydrogen) atoms. The Morgan fingerprint density at radius 1 is 0.857 bits per heavy atom. The molecule has 7 rings (SSSR count). The van der Waals surface area contributed by atoms with Crippen molar-refractivity contribution in [2.75, 3.05) is 25.0 Å². The summed E-state index contributed by atoms with van der Waals surface area (Å²) < 4.78 is 8.23. The SMILES string of the molecule is N#Cc1nccc(NC2CCN(Cc3ccc(-c4nc5n(c4-c4ccccc4)CCOc4ncccc4-5)cc3)CC2)n1. The van der Waals surface area contributed by atoms with Crippen LogP contribution in [0.5, 0.6) is 5.88 Å². The van der Waals surface area contributed by atoms with E-state index in [2.05, 4.69) is 78.3 Å². The minimum atomic E-state index is 0.193. The van der Waals surface area contributed by atoms with Gasteiger partial charge in [-0.25, -0.2) is 19.9 Å². The number of rotatable bonds is 6. The van der Waals surface area contributed by atoms with Gasteiger partial charge >= 0.3 is 0 Å². The van der Waals surface area contributed by atoms with Gasteiger partial charge < -0.3 is 14.6 Å². The van der Waals surface area contributed by atoms with Gasteiger partial charge in [-0.15, -0.1) is 0 Å². The van der Waals surface area contributed by atoms with E-state index in [0.29, 0.717) is 30.9 Å². The second-order valence-electron chi connectivity index (χ2n) is 10.6. The molecule has 2 aromatic carbocycles. The highest BCUT2D eigenvalue weighted by Gasteiger charge is 2.26. The van der Waals surface area contributed by atoms with Crippen LogP contribution < -0.4 is 10.1 Å². The largest absolute Gasteiger partial charge is 0.475 e. The summed E-state index contributed by atoms with van der Waals surface area (Å²) in [5.41, 5.74) is 6.48. The Hall–Kier alpha value is -5.07. The smallest absolute Gasteiger partial charge is 0.234 e. The molecule has 0 amide bonds. The van der Waals surface area contributed by atoms with Crippen LogP contribution in [0.1, 0.15) is 24.2 Å². The van der Waals surface area contributed by atoms with Gasteiger partial charge in [-0.3, -0.25) is 4.90 Å². The number of nitriles is 1. The van der Waals surface area contributed by atoms with Gasteiger partial charge in [-0.05, 0) is 36.6 Å². The van der Waals surface area contributed by atoms with Crippen molar-refractivity contribution in [3.63, 3.8) is 0 Å². The van der Waals surface area contributed by atoms with Crippen molar-refractivity contribution in [3.05, 3.63) is 96.6 Å². The minimum absolute atomic E-state index is 0.193. The van der Waals surface area contributed by atoms with Gasteiger partial charge in [-0.1, -0.05) is 54.6 Å². The third kappa shape index (κ3) is 5.20. The molecule has 2 aliphatic rings. The number of anilines is 1. The lowest BCUT2D eigenvalue weighted by Crippen LogP contribution is -2.38. The Balaban J connectivity index is 1.09. The third-order valence-corrected chi connectivity index (χ3v) is 7.91. The van der Waals surface area contributed by atoms with Crippen LogP contribution in [-0.4, -0.2) is 55.1 Å². The molecule has 2 aliphatic heterocycles. The molecule has 3 aromatic heterocycles. The zero-order chi connectivity index (χ0) is 28.3. The average molecular weight is 555 g/mol. The molecule has 0 aliphatic carbocycles. The standard InChI is InChI=1S/C33H30N8O/c34-21-29-35-16-12-28(38-29)37-26-13-17-40(18-14-26)22-23-8-10-24(11-9-23)30-31(25-5-2-1-3-6-25)41-19-20-42-33-27(32(41)39-30)7-4-15-36-33/h1-12,15-16,26H,13-14,17-20,22H2,(H,35,37,38). The van der Waals surface area contributed by atoms with E-state index in [9.17, 15) is 0 Å². The molecule has 5 aromatic rings. The van der Waals surface area contributed by atoms with E-state index in [1.54, 1.807) is 12.4 Å². The van der Waals surface area contributed by atoms with E-state index in [-0.39, 0.29) is 5.82 Å². The molecule has 1 saturated heterocycles. The lowest BCUT2D eigenvalue weighted by molar-refractivity contribution is 0.211. The maximum Gasteiger partial charge on any atom is 0.234 e. The van der Waals surface area contributed by atoms with E-state index < -0.39 is 0 Å². The van der Waals surface area contributed by atoms with Crippen LogP contribution >= 0.6 is 0 Å². The summed E-state index contributed by atoms with van der Waals surface area (Å²) in [4.78, 5) is 20.4. The van der Waals surface area contributed by atoms with Crippen LogP contribution in [0.25, 0.3) is 33.9 Å². The van der Waals surface area contributed by atoms with Gasteiger partial charge in [0.05, 0.1) is 23.5 Å². The van der Waals surface area contributed by atoms with Crippen molar-refractivity contribution in [1.29, 1.82) is 5.26 Å². The number of likely N-dealkylation sites (tertiary alicyclic amines) is 1. The number of ether oxygens (including phenoxy) is 1. The molecule has 1 fully saturated rings. The molecule has 0 saturated carbocycles. The van der Waals surface area contributed by atoms with Crippen molar-refractivity contribution in [2.45, 2.75) is 32.0 Å². The van der Waals surface area contributed by atoms with Gasteiger partial charge in [0.2, 0.25) is 11.7 Å². The van der Waals surface area contributed by atoms with Crippen LogP contribution in [0.15, 0.2) is 85.2 Å². The number of fused-ring (bicyclic) bond motifs is 3. The zero-order valence-electron chi connectivity index (χ0n) is 23.1. The summed E-state index contributed by atoms with van der Waals surface area (Å²) in [5, 5.41) is 12.5. The van der Waals surface area contributed by atoms with Gasteiger partial charge in [0, 0.05) is 49.2 Å². The molecule has 0 unspecified atom stereocenters. The van der Waals surface area contributed by atoms with Crippen LogP contribution in [0.2, 0.25) is 0 Å². The van der Waals surface area contributed by atoms with Gasteiger partial charge in [-0.2, -0.15) is 5.26 Å². The van der Waals surface area contributed by atoms with E-state index in [0.717, 1.165) is 66.4 Å². The van der Waals surface area contributed by atoms with Gasteiger partial charge in [0.25, 0.3) is 0 Å². The zero-order valence-corrected chi connectivity index (χ0v) is 23.1. The highest BCUT2D eigenvalue weighted by Crippen LogP contribution is 2.39. The average Bonchev–Trinajstić information content (AvgIpc) is 3.32. The maximum absolute atomic E-state index is 9.05. The van der Waals surface area contributed by atoms with Crippen LogP contribution in [0.3, 0.4) is 0 Å². The first kappa shape index (κ1) is 25.9. The van der Waals surface area contributed by atoms with E-state index in [4.69, 9.17) is 15.0 Å². The lowest BCUT2D eigenvalue weighted by Gasteiger charge is -2.32. The quantitative estimate of drug-likeness (QED) is 0.297. The molecule has 1 N–H and O–H groups in total. The molecule has 0 atom stereocenters.